The van der Waals surface area contributed by atoms with Gasteiger partial charge in [-0.2, -0.15) is 9.97 Å². The summed E-state index contributed by atoms with van der Waals surface area (Å²) in [5.41, 5.74) is 3.25. The van der Waals surface area contributed by atoms with Crippen molar-refractivity contribution >= 4 is 39.5 Å². The molecule has 24 heavy (non-hydrogen) atoms. The van der Waals surface area contributed by atoms with Crippen LogP contribution in [0.15, 0.2) is 42.9 Å². The zero-order chi connectivity index (χ0) is 15.9. The molecule has 0 radical (unpaired) electrons. The minimum Gasteiger partial charge on any atom is -0.365 e. The average Bonchev–Trinajstić information content (AvgIpc) is 3.29. The number of nitrogens with one attached hydrogen (secondary N) is 3. The van der Waals surface area contributed by atoms with Crippen molar-refractivity contribution in [3.63, 3.8) is 0 Å². The highest BCUT2D eigenvalue weighted by molar-refractivity contribution is 5.92. The van der Waals surface area contributed by atoms with E-state index in [1.54, 1.807) is 12.5 Å². The van der Waals surface area contributed by atoms with E-state index in [0.29, 0.717) is 17.6 Å². The standard InChI is InChI=1S/C17H15N7/c1-3-10-4-2-8-18-13(10)12(5-1)22-17-23-15-14(19-9-20-15)16(24-17)21-11-6-7-11/h1-5,8-9,11H,6-7H2,(H3,19,20,21,22,23,24). The van der Waals surface area contributed by atoms with Crippen molar-refractivity contribution in [3.8, 4) is 0 Å². The van der Waals surface area contributed by atoms with Gasteiger partial charge in [-0.3, -0.25) is 4.98 Å². The van der Waals surface area contributed by atoms with Crippen molar-refractivity contribution in [1.82, 2.24) is 24.9 Å². The van der Waals surface area contributed by atoms with Crippen molar-refractivity contribution in [2.45, 2.75) is 18.9 Å². The molecule has 118 valence electrons. The van der Waals surface area contributed by atoms with Crippen molar-refractivity contribution in [2.24, 2.45) is 0 Å². The number of rotatable bonds is 4. The largest absolute Gasteiger partial charge is 0.365 e. The summed E-state index contributed by atoms with van der Waals surface area (Å²) >= 11 is 0. The smallest absolute Gasteiger partial charge is 0.231 e. The van der Waals surface area contributed by atoms with E-state index in [4.69, 9.17) is 0 Å². The van der Waals surface area contributed by atoms with Gasteiger partial charge in [0.2, 0.25) is 5.95 Å². The molecule has 0 spiro atoms. The number of H-pyrrole nitrogens is 1. The molecule has 0 bridgehead atoms. The zero-order valence-corrected chi connectivity index (χ0v) is 12.8. The van der Waals surface area contributed by atoms with Gasteiger partial charge in [0.15, 0.2) is 11.5 Å². The van der Waals surface area contributed by atoms with Gasteiger partial charge in [-0.05, 0) is 25.0 Å². The van der Waals surface area contributed by atoms with Gasteiger partial charge in [0, 0.05) is 17.6 Å². The van der Waals surface area contributed by atoms with Crippen molar-refractivity contribution in [3.05, 3.63) is 42.9 Å². The molecule has 7 heteroatoms. The van der Waals surface area contributed by atoms with E-state index in [9.17, 15) is 0 Å². The lowest BCUT2D eigenvalue weighted by atomic mass is 10.2. The van der Waals surface area contributed by atoms with Crippen LogP contribution in [0.2, 0.25) is 0 Å². The molecule has 3 heterocycles. The number of nitrogens with zero attached hydrogens (tertiary/aromatic N) is 4. The fraction of sp³-hybridized carbons (Fsp3) is 0.176. The average molecular weight is 317 g/mol. The summed E-state index contributed by atoms with van der Waals surface area (Å²) in [6.07, 6.45) is 5.78. The molecule has 0 amide bonds. The highest BCUT2D eigenvalue weighted by Crippen LogP contribution is 2.29. The first-order valence-corrected chi connectivity index (χ1v) is 7.95. The molecule has 7 nitrogen and oxygen atoms in total. The summed E-state index contributed by atoms with van der Waals surface area (Å²) in [4.78, 5) is 20.9. The van der Waals surface area contributed by atoms with E-state index < -0.39 is 0 Å². The number of imidazole rings is 1. The van der Waals surface area contributed by atoms with E-state index in [-0.39, 0.29) is 0 Å². The van der Waals surface area contributed by atoms with Crippen LogP contribution in [-0.4, -0.2) is 31.0 Å². The quantitative estimate of drug-likeness (QED) is 0.535. The first-order valence-electron chi connectivity index (χ1n) is 7.95. The highest BCUT2D eigenvalue weighted by atomic mass is 15.2. The van der Waals surface area contributed by atoms with Gasteiger partial charge < -0.3 is 15.6 Å². The number of fused-ring (bicyclic) bond motifs is 2. The molecule has 1 aliphatic carbocycles. The summed E-state index contributed by atoms with van der Waals surface area (Å²) in [5, 5.41) is 7.78. The summed E-state index contributed by atoms with van der Waals surface area (Å²) < 4.78 is 0. The SMILES string of the molecule is c1cnc2c(Nc3nc(NC4CC4)c4[nH]cnc4n3)cccc2c1. The molecule has 4 aromatic rings. The normalized spacial score (nSPS) is 14.2. The van der Waals surface area contributed by atoms with Crippen LogP contribution < -0.4 is 10.6 Å². The minimum atomic E-state index is 0.499. The second-order valence-corrected chi connectivity index (χ2v) is 5.92. The molecule has 1 fully saturated rings. The van der Waals surface area contributed by atoms with Crippen LogP contribution in [0.1, 0.15) is 12.8 Å². The Morgan fingerprint density at radius 1 is 1.04 bits per heavy atom. The summed E-state index contributed by atoms with van der Waals surface area (Å²) in [5.74, 6) is 1.30. The molecule has 1 aliphatic rings. The third-order valence-corrected chi connectivity index (χ3v) is 4.08. The summed E-state index contributed by atoms with van der Waals surface area (Å²) in [7, 11) is 0. The Morgan fingerprint density at radius 3 is 2.88 bits per heavy atom. The van der Waals surface area contributed by atoms with E-state index in [1.807, 2.05) is 30.3 Å². The predicted molar refractivity (Wildman–Crippen MR) is 93.4 cm³/mol. The van der Waals surface area contributed by atoms with E-state index >= 15 is 0 Å². The lowest BCUT2D eigenvalue weighted by molar-refractivity contribution is 1.10. The molecule has 0 unspecified atom stereocenters. The molecule has 3 N–H and O–H groups in total. The summed E-state index contributed by atoms with van der Waals surface area (Å²) in [6, 6.07) is 10.5. The van der Waals surface area contributed by atoms with Crippen molar-refractivity contribution in [1.29, 1.82) is 0 Å². The third-order valence-electron chi connectivity index (χ3n) is 4.08. The maximum Gasteiger partial charge on any atom is 0.231 e. The third kappa shape index (κ3) is 2.30. The van der Waals surface area contributed by atoms with Crippen LogP contribution in [0, 0.1) is 0 Å². The monoisotopic (exact) mass is 317 g/mol. The lowest BCUT2D eigenvalue weighted by Crippen LogP contribution is -2.07. The Hall–Kier alpha value is -3.22. The molecule has 0 aliphatic heterocycles. The van der Waals surface area contributed by atoms with Crippen LogP contribution in [0.4, 0.5) is 17.5 Å². The topological polar surface area (TPSA) is 91.4 Å². The first kappa shape index (κ1) is 13.2. The van der Waals surface area contributed by atoms with E-state index in [2.05, 4.69) is 35.6 Å². The predicted octanol–water partition coefficient (Wildman–Crippen LogP) is 3.22. The Labute approximate surface area is 137 Å². The van der Waals surface area contributed by atoms with Crippen LogP contribution in [0.3, 0.4) is 0 Å². The second kappa shape index (κ2) is 5.16. The fourth-order valence-corrected chi connectivity index (χ4v) is 2.74. The Morgan fingerprint density at radius 2 is 1.96 bits per heavy atom. The molecule has 3 aromatic heterocycles. The van der Waals surface area contributed by atoms with E-state index in [1.165, 1.54) is 12.8 Å². The van der Waals surface area contributed by atoms with Gasteiger partial charge in [-0.1, -0.05) is 18.2 Å². The number of aromatic amines is 1. The Bertz CT molecular complexity index is 1030. The van der Waals surface area contributed by atoms with E-state index in [0.717, 1.165) is 27.9 Å². The number of benzene rings is 1. The second-order valence-electron chi connectivity index (χ2n) is 5.92. The van der Waals surface area contributed by atoms with Gasteiger partial charge >= 0.3 is 0 Å². The maximum absolute atomic E-state index is 4.62. The number of anilines is 3. The number of hydrogen-bond donors (Lipinski definition) is 3. The fourth-order valence-electron chi connectivity index (χ4n) is 2.74. The Balaban J connectivity index is 1.58. The minimum absolute atomic E-state index is 0.499. The number of hydrogen-bond acceptors (Lipinski definition) is 6. The zero-order valence-electron chi connectivity index (χ0n) is 12.8. The molecule has 5 rings (SSSR count). The molecular weight excluding hydrogens is 302 g/mol. The van der Waals surface area contributed by atoms with Gasteiger partial charge in [0.1, 0.15) is 5.52 Å². The van der Waals surface area contributed by atoms with Gasteiger partial charge in [-0.25, -0.2) is 4.98 Å². The Kier molecular flexibility index (Phi) is 2.84. The van der Waals surface area contributed by atoms with Crippen LogP contribution in [-0.2, 0) is 0 Å². The molecule has 1 aromatic carbocycles. The van der Waals surface area contributed by atoms with Crippen LogP contribution in [0.25, 0.3) is 22.1 Å². The van der Waals surface area contributed by atoms with Gasteiger partial charge in [0.05, 0.1) is 17.5 Å². The highest BCUT2D eigenvalue weighted by Gasteiger charge is 2.23. The number of pyridine rings is 1. The summed E-state index contributed by atoms with van der Waals surface area (Å²) in [6.45, 7) is 0. The lowest BCUT2D eigenvalue weighted by Gasteiger charge is -2.10. The maximum atomic E-state index is 4.62. The van der Waals surface area contributed by atoms with Crippen molar-refractivity contribution < 1.29 is 0 Å². The van der Waals surface area contributed by atoms with Gasteiger partial charge in [-0.15, -0.1) is 0 Å². The molecule has 0 saturated heterocycles. The number of aromatic nitrogens is 5. The van der Waals surface area contributed by atoms with Crippen LogP contribution >= 0.6 is 0 Å². The van der Waals surface area contributed by atoms with Crippen molar-refractivity contribution in [2.75, 3.05) is 10.6 Å². The number of para-hydroxylation sites is 1. The first-order chi connectivity index (χ1) is 11.9. The van der Waals surface area contributed by atoms with Crippen LogP contribution in [0.5, 0.6) is 0 Å². The van der Waals surface area contributed by atoms with Gasteiger partial charge in [0.25, 0.3) is 0 Å². The molecular formula is C17H15N7. The molecule has 1 saturated carbocycles. The molecule has 0 atom stereocenters.